The van der Waals surface area contributed by atoms with Gasteiger partial charge in [-0.25, -0.2) is 9.59 Å². The SMILES string of the molecule is CC(C)(C)COC(=O)c1ccc(OS(=O)(=O)C(F)(F)F)c(C(=O)OC(C)(C)C)c1. The number of esters is 2. The number of alkyl halides is 3. The van der Waals surface area contributed by atoms with Crippen LogP contribution in [-0.4, -0.2) is 38.1 Å². The number of ether oxygens (including phenoxy) is 2. The van der Waals surface area contributed by atoms with E-state index < -0.39 is 44.5 Å². The molecule has 0 fully saturated rings. The van der Waals surface area contributed by atoms with E-state index in [0.29, 0.717) is 0 Å². The smallest absolute Gasteiger partial charge is 0.462 e. The molecule has 0 spiro atoms. The van der Waals surface area contributed by atoms with Crippen LogP contribution in [-0.2, 0) is 19.6 Å². The summed E-state index contributed by atoms with van der Waals surface area (Å²) in [4.78, 5) is 24.6. The number of benzene rings is 1. The third kappa shape index (κ3) is 7.56. The van der Waals surface area contributed by atoms with Crippen LogP contribution < -0.4 is 4.18 Å². The van der Waals surface area contributed by atoms with E-state index in [-0.39, 0.29) is 17.6 Å². The zero-order valence-corrected chi connectivity index (χ0v) is 17.7. The summed E-state index contributed by atoms with van der Waals surface area (Å²) in [5, 5.41) is 0. The van der Waals surface area contributed by atoms with Crippen molar-refractivity contribution in [1.82, 2.24) is 0 Å². The summed E-state index contributed by atoms with van der Waals surface area (Å²) in [7, 11) is -6.04. The lowest BCUT2D eigenvalue weighted by atomic mass is 9.99. The van der Waals surface area contributed by atoms with E-state index in [1.54, 1.807) is 0 Å². The van der Waals surface area contributed by atoms with E-state index in [1.807, 2.05) is 20.8 Å². The molecule has 0 aliphatic heterocycles. The Kier molecular flexibility index (Phi) is 7.00. The van der Waals surface area contributed by atoms with E-state index in [1.165, 1.54) is 20.8 Å². The van der Waals surface area contributed by atoms with E-state index in [0.717, 1.165) is 18.2 Å². The fraction of sp³-hybridized carbons (Fsp3) is 0.556. The topological polar surface area (TPSA) is 96.0 Å². The van der Waals surface area contributed by atoms with Crippen molar-refractivity contribution in [2.24, 2.45) is 5.41 Å². The highest BCUT2D eigenvalue weighted by Crippen LogP contribution is 2.31. The molecule has 0 amide bonds. The molecule has 0 saturated carbocycles. The van der Waals surface area contributed by atoms with E-state index in [9.17, 15) is 31.2 Å². The van der Waals surface area contributed by atoms with Crippen LogP contribution in [0, 0.1) is 5.41 Å². The Labute approximate surface area is 167 Å². The minimum absolute atomic E-state index is 0.0360. The van der Waals surface area contributed by atoms with Crippen LogP contribution in [0.2, 0.25) is 0 Å². The minimum atomic E-state index is -6.04. The van der Waals surface area contributed by atoms with Crippen LogP contribution in [0.5, 0.6) is 5.75 Å². The van der Waals surface area contributed by atoms with Gasteiger partial charge < -0.3 is 13.7 Å². The predicted octanol–water partition coefficient (Wildman–Crippen LogP) is 4.07. The number of carbonyl (C=O) groups excluding carboxylic acids is 2. The fourth-order valence-corrected chi connectivity index (χ4v) is 2.23. The monoisotopic (exact) mass is 440 g/mol. The second kappa shape index (κ2) is 8.21. The lowest BCUT2D eigenvalue weighted by Crippen LogP contribution is -2.29. The van der Waals surface area contributed by atoms with Gasteiger partial charge in [0, 0.05) is 0 Å². The molecule has 1 aromatic carbocycles. The van der Waals surface area contributed by atoms with Crippen molar-refractivity contribution >= 4 is 22.1 Å². The molecule has 0 atom stereocenters. The first-order valence-electron chi connectivity index (χ1n) is 8.38. The molecule has 0 aliphatic rings. The van der Waals surface area contributed by atoms with Gasteiger partial charge in [0.15, 0.2) is 5.75 Å². The second-order valence-corrected chi connectivity index (χ2v) is 9.87. The molecule has 1 aromatic rings. The summed E-state index contributed by atoms with van der Waals surface area (Å²) in [5.41, 5.74) is -7.96. The number of rotatable bonds is 5. The summed E-state index contributed by atoms with van der Waals surface area (Å²) >= 11 is 0. The summed E-state index contributed by atoms with van der Waals surface area (Å²) in [6, 6.07) is 2.61. The molecular formula is C18H23F3O7S. The van der Waals surface area contributed by atoms with Crippen molar-refractivity contribution in [3.05, 3.63) is 29.3 Å². The highest BCUT2D eigenvalue weighted by molar-refractivity contribution is 7.88. The first-order valence-corrected chi connectivity index (χ1v) is 9.78. The zero-order valence-electron chi connectivity index (χ0n) is 16.8. The first-order chi connectivity index (χ1) is 12.8. The minimum Gasteiger partial charge on any atom is -0.462 e. The fourth-order valence-electron chi connectivity index (χ4n) is 1.75. The van der Waals surface area contributed by atoms with Crippen molar-refractivity contribution < 1.29 is 44.8 Å². The maximum Gasteiger partial charge on any atom is 0.534 e. The van der Waals surface area contributed by atoms with Gasteiger partial charge in [-0.05, 0) is 44.4 Å². The Morgan fingerprint density at radius 1 is 0.966 bits per heavy atom. The first kappa shape index (κ1) is 24.7. The summed E-state index contributed by atoms with van der Waals surface area (Å²) in [6.07, 6.45) is 0. The highest BCUT2D eigenvalue weighted by atomic mass is 32.2. The van der Waals surface area contributed by atoms with Crippen molar-refractivity contribution in [3.8, 4) is 5.75 Å². The molecule has 0 aromatic heterocycles. The Hall–Kier alpha value is -2.30. The third-order valence-electron chi connectivity index (χ3n) is 2.95. The van der Waals surface area contributed by atoms with Gasteiger partial charge in [-0.2, -0.15) is 21.6 Å². The van der Waals surface area contributed by atoms with Gasteiger partial charge in [-0.1, -0.05) is 20.8 Å². The Morgan fingerprint density at radius 3 is 1.97 bits per heavy atom. The summed E-state index contributed by atoms with van der Waals surface area (Å²) < 4.78 is 74.8. The molecule has 29 heavy (non-hydrogen) atoms. The Morgan fingerprint density at radius 2 is 1.52 bits per heavy atom. The largest absolute Gasteiger partial charge is 0.534 e. The molecule has 0 bridgehead atoms. The van der Waals surface area contributed by atoms with Gasteiger partial charge in [0.2, 0.25) is 0 Å². The van der Waals surface area contributed by atoms with E-state index in [4.69, 9.17) is 9.47 Å². The molecule has 0 radical (unpaired) electrons. The lowest BCUT2D eigenvalue weighted by molar-refractivity contribution is -0.0501. The maximum atomic E-state index is 12.6. The van der Waals surface area contributed by atoms with Gasteiger partial charge in [-0.3, -0.25) is 0 Å². The number of carbonyl (C=O) groups is 2. The van der Waals surface area contributed by atoms with Crippen molar-refractivity contribution in [1.29, 1.82) is 0 Å². The van der Waals surface area contributed by atoms with Gasteiger partial charge in [0.25, 0.3) is 0 Å². The molecule has 0 N–H and O–H groups in total. The van der Waals surface area contributed by atoms with Crippen LogP contribution in [0.3, 0.4) is 0 Å². The number of hydrogen-bond acceptors (Lipinski definition) is 7. The Bertz CT molecular complexity index is 876. The van der Waals surface area contributed by atoms with Crippen LogP contribution in [0.15, 0.2) is 18.2 Å². The predicted molar refractivity (Wildman–Crippen MR) is 97.0 cm³/mol. The average Bonchev–Trinajstić information content (AvgIpc) is 2.49. The Balaban J connectivity index is 3.36. The average molecular weight is 440 g/mol. The second-order valence-electron chi connectivity index (χ2n) is 8.33. The van der Waals surface area contributed by atoms with Gasteiger partial charge >= 0.3 is 27.6 Å². The van der Waals surface area contributed by atoms with Crippen LogP contribution in [0.4, 0.5) is 13.2 Å². The number of halogens is 3. The van der Waals surface area contributed by atoms with Crippen LogP contribution >= 0.6 is 0 Å². The number of hydrogen-bond donors (Lipinski definition) is 0. The van der Waals surface area contributed by atoms with Crippen LogP contribution in [0.1, 0.15) is 62.3 Å². The molecule has 0 unspecified atom stereocenters. The third-order valence-corrected chi connectivity index (χ3v) is 3.92. The van der Waals surface area contributed by atoms with Crippen LogP contribution in [0.25, 0.3) is 0 Å². The quantitative estimate of drug-likeness (QED) is 0.387. The molecule has 0 saturated heterocycles. The summed E-state index contributed by atoms with van der Waals surface area (Å²) in [5.74, 6) is -2.95. The molecule has 0 heterocycles. The van der Waals surface area contributed by atoms with Gasteiger partial charge in [0.1, 0.15) is 11.2 Å². The highest BCUT2D eigenvalue weighted by Gasteiger charge is 2.49. The van der Waals surface area contributed by atoms with Gasteiger partial charge in [-0.15, -0.1) is 0 Å². The maximum absolute atomic E-state index is 12.6. The summed E-state index contributed by atoms with van der Waals surface area (Å²) in [6.45, 7) is 9.97. The van der Waals surface area contributed by atoms with E-state index >= 15 is 0 Å². The van der Waals surface area contributed by atoms with Gasteiger partial charge in [0.05, 0.1) is 12.2 Å². The van der Waals surface area contributed by atoms with Crippen molar-refractivity contribution in [2.75, 3.05) is 6.61 Å². The lowest BCUT2D eigenvalue weighted by Gasteiger charge is -2.21. The molecule has 11 heteroatoms. The molecule has 1 rings (SSSR count). The normalized spacial score (nSPS) is 13.0. The van der Waals surface area contributed by atoms with E-state index in [2.05, 4.69) is 4.18 Å². The molecule has 0 aliphatic carbocycles. The zero-order chi connectivity index (χ0) is 22.8. The molecule has 7 nitrogen and oxygen atoms in total. The van der Waals surface area contributed by atoms with Crippen molar-refractivity contribution in [3.63, 3.8) is 0 Å². The molecular weight excluding hydrogens is 417 g/mol. The molecule has 164 valence electrons. The van der Waals surface area contributed by atoms with Crippen molar-refractivity contribution in [2.45, 2.75) is 52.7 Å². The standard InChI is InChI=1S/C18H23F3O7S/c1-16(2,3)10-26-14(22)11-7-8-13(28-29(24,25)18(19,20)21)12(9-11)15(23)27-17(4,5)6/h7-9H,10H2,1-6H3.